The molecule has 0 radical (unpaired) electrons. The third-order valence-corrected chi connectivity index (χ3v) is 3.07. The molecule has 2 aromatic carbocycles. The fourth-order valence-electron chi connectivity index (χ4n) is 1.85. The Kier molecular flexibility index (Phi) is 4.30. The Labute approximate surface area is 116 Å². The molecule has 0 saturated heterocycles. The van der Waals surface area contributed by atoms with Crippen LogP contribution in [0.25, 0.3) is 0 Å². The molecule has 2 rings (SSSR count). The summed E-state index contributed by atoms with van der Waals surface area (Å²) < 4.78 is 13.6. The van der Waals surface area contributed by atoms with Gasteiger partial charge >= 0.3 is 0 Å². The average molecular weight is 274 g/mol. The number of halogens is 1. The molecular weight excluding hydrogens is 259 g/mol. The monoisotopic (exact) mass is 274 g/mol. The van der Waals surface area contributed by atoms with E-state index in [0.717, 1.165) is 24.1 Å². The molecule has 0 saturated carbocycles. The van der Waals surface area contributed by atoms with Gasteiger partial charge in [-0.2, -0.15) is 0 Å². The van der Waals surface area contributed by atoms with Crippen molar-refractivity contribution in [2.24, 2.45) is 0 Å². The van der Waals surface area contributed by atoms with Gasteiger partial charge in [0.2, 0.25) is 0 Å². The summed E-state index contributed by atoms with van der Waals surface area (Å²) in [5.74, 6) is -0.499. The molecule has 1 N–H and O–H groups in total. The predicted octanol–water partition coefficient (Wildman–Crippen LogP) is 3.91. The Hall–Kier alpha value is -2.43. The van der Waals surface area contributed by atoms with Gasteiger partial charge in [-0.15, -0.1) is 0 Å². The lowest BCUT2D eigenvalue weighted by Crippen LogP contribution is -2.02. The molecule has 4 nitrogen and oxygen atoms in total. The molecule has 0 atom stereocenters. The first-order chi connectivity index (χ1) is 9.60. The lowest BCUT2D eigenvalue weighted by atomic mass is 10.1. The van der Waals surface area contributed by atoms with Crippen molar-refractivity contribution in [1.29, 1.82) is 0 Å². The Bertz CT molecular complexity index is 612. The van der Waals surface area contributed by atoms with Gasteiger partial charge in [0, 0.05) is 18.7 Å². The molecule has 0 spiro atoms. The third kappa shape index (κ3) is 3.32. The number of nitrogens with zero attached hydrogens (tertiary/aromatic N) is 1. The quantitative estimate of drug-likeness (QED) is 0.664. The van der Waals surface area contributed by atoms with Crippen LogP contribution in [0.2, 0.25) is 0 Å². The number of aryl methyl sites for hydroxylation is 1. The topological polar surface area (TPSA) is 55.2 Å². The highest BCUT2D eigenvalue weighted by Gasteiger charge is 2.10. The molecule has 20 heavy (non-hydrogen) atoms. The van der Waals surface area contributed by atoms with Gasteiger partial charge in [-0.3, -0.25) is 10.1 Å². The van der Waals surface area contributed by atoms with E-state index < -0.39 is 10.7 Å². The Balaban J connectivity index is 2.09. The Morgan fingerprint density at radius 3 is 2.40 bits per heavy atom. The fourth-order valence-corrected chi connectivity index (χ4v) is 1.85. The summed E-state index contributed by atoms with van der Waals surface area (Å²) in [6, 6.07) is 11.4. The van der Waals surface area contributed by atoms with E-state index >= 15 is 0 Å². The molecule has 0 aromatic heterocycles. The van der Waals surface area contributed by atoms with E-state index in [-0.39, 0.29) is 11.4 Å². The van der Waals surface area contributed by atoms with Crippen molar-refractivity contribution in [2.45, 2.75) is 19.9 Å². The van der Waals surface area contributed by atoms with Crippen molar-refractivity contribution >= 4 is 11.4 Å². The van der Waals surface area contributed by atoms with Crippen molar-refractivity contribution in [3.8, 4) is 0 Å². The zero-order valence-corrected chi connectivity index (χ0v) is 11.1. The maximum atomic E-state index is 13.6. The number of hydrogen-bond donors (Lipinski definition) is 1. The third-order valence-electron chi connectivity index (χ3n) is 3.07. The van der Waals surface area contributed by atoms with Crippen molar-refractivity contribution in [3.63, 3.8) is 0 Å². The molecule has 2 aromatic rings. The van der Waals surface area contributed by atoms with Crippen LogP contribution in [0.4, 0.5) is 15.8 Å². The first-order valence-corrected chi connectivity index (χ1v) is 6.35. The fraction of sp³-hybridized carbons (Fsp3) is 0.200. The second-order valence-electron chi connectivity index (χ2n) is 4.44. The molecule has 104 valence electrons. The van der Waals surface area contributed by atoms with Crippen LogP contribution in [0, 0.1) is 15.9 Å². The van der Waals surface area contributed by atoms with Crippen LogP contribution in [0.15, 0.2) is 42.5 Å². The SMILES string of the molecule is CCc1ccc(CNc2cc([N+](=O)[O-])ccc2F)cc1. The number of benzene rings is 2. The van der Waals surface area contributed by atoms with E-state index in [4.69, 9.17) is 0 Å². The zero-order valence-electron chi connectivity index (χ0n) is 11.1. The van der Waals surface area contributed by atoms with Crippen molar-refractivity contribution in [2.75, 3.05) is 5.32 Å². The Morgan fingerprint density at radius 1 is 1.15 bits per heavy atom. The van der Waals surface area contributed by atoms with Gasteiger partial charge in [-0.05, 0) is 23.6 Å². The largest absolute Gasteiger partial charge is 0.378 e. The summed E-state index contributed by atoms with van der Waals surface area (Å²) in [5.41, 5.74) is 2.23. The number of nitro groups is 1. The zero-order chi connectivity index (χ0) is 14.5. The molecule has 0 fully saturated rings. The number of rotatable bonds is 5. The minimum absolute atomic E-state index is 0.129. The molecule has 0 amide bonds. The van der Waals surface area contributed by atoms with Crippen LogP contribution < -0.4 is 5.32 Å². The van der Waals surface area contributed by atoms with Gasteiger partial charge in [0.05, 0.1) is 10.6 Å². The van der Waals surface area contributed by atoms with Crippen molar-refractivity contribution < 1.29 is 9.31 Å². The van der Waals surface area contributed by atoms with Gasteiger partial charge in [0.1, 0.15) is 5.82 Å². The summed E-state index contributed by atoms with van der Waals surface area (Å²) in [4.78, 5) is 10.1. The number of anilines is 1. The van der Waals surface area contributed by atoms with Crippen LogP contribution >= 0.6 is 0 Å². The van der Waals surface area contributed by atoms with Gasteiger partial charge in [-0.25, -0.2) is 4.39 Å². The molecule has 5 heteroatoms. The minimum atomic E-state index is -0.541. The molecule has 0 aliphatic carbocycles. The van der Waals surface area contributed by atoms with E-state index in [0.29, 0.717) is 6.54 Å². The lowest BCUT2D eigenvalue weighted by molar-refractivity contribution is -0.384. The van der Waals surface area contributed by atoms with Gasteiger partial charge in [0.25, 0.3) is 5.69 Å². The van der Waals surface area contributed by atoms with E-state index in [1.165, 1.54) is 11.6 Å². The van der Waals surface area contributed by atoms with Crippen molar-refractivity contribution in [1.82, 2.24) is 0 Å². The standard InChI is InChI=1S/C15H15FN2O2/c1-2-11-3-5-12(6-4-11)10-17-15-9-13(18(19)20)7-8-14(15)16/h3-9,17H,2,10H2,1H3. The molecule has 0 unspecified atom stereocenters. The van der Waals surface area contributed by atoms with Crippen LogP contribution in [0.5, 0.6) is 0 Å². The highest BCUT2D eigenvalue weighted by Crippen LogP contribution is 2.21. The summed E-state index contributed by atoms with van der Waals surface area (Å²) in [5, 5.41) is 13.5. The minimum Gasteiger partial charge on any atom is -0.378 e. The first kappa shape index (κ1) is 14.0. The second kappa shape index (κ2) is 6.14. The molecule has 0 aliphatic rings. The number of nitrogens with one attached hydrogen (secondary N) is 1. The average Bonchev–Trinajstić information content (AvgIpc) is 2.46. The van der Waals surface area contributed by atoms with Crippen LogP contribution in [0.1, 0.15) is 18.1 Å². The predicted molar refractivity (Wildman–Crippen MR) is 76.2 cm³/mol. The summed E-state index contributed by atoms with van der Waals surface area (Å²) in [7, 11) is 0. The first-order valence-electron chi connectivity index (χ1n) is 6.35. The van der Waals surface area contributed by atoms with Crippen molar-refractivity contribution in [3.05, 3.63) is 69.5 Å². The van der Waals surface area contributed by atoms with Gasteiger partial charge in [0.15, 0.2) is 0 Å². The van der Waals surface area contributed by atoms with E-state index in [2.05, 4.69) is 12.2 Å². The number of nitro benzene ring substituents is 1. The van der Waals surface area contributed by atoms with Crippen LogP contribution in [0.3, 0.4) is 0 Å². The van der Waals surface area contributed by atoms with Gasteiger partial charge < -0.3 is 5.32 Å². The van der Waals surface area contributed by atoms with E-state index in [1.54, 1.807) is 0 Å². The van der Waals surface area contributed by atoms with Gasteiger partial charge in [-0.1, -0.05) is 31.2 Å². The highest BCUT2D eigenvalue weighted by atomic mass is 19.1. The maximum Gasteiger partial charge on any atom is 0.271 e. The summed E-state index contributed by atoms with van der Waals surface area (Å²) in [6.07, 6.45) is 0.965. The summed E-state index contributed by atoms with van der Waals surface area (Å²) >= 11 is 0. The lowest BCUT2D eigenvalue weighted by Gasteiger charge is -2.08. The van der Waals surface area contributed by atoms with E-state index in [9.17, 15) is 14.5 Å². The Morgan fingerprint density at radius 2 is 1.80 bits per heavy atom. The molecule has 0 bridgehead atoms. The molecule has 0 heterocycles. The summed E-state index contributed by atoms with van der Waals surface area (Å²) in [6.45, 7) is 2.49. The van der Waals surface area contributed by atoms with E-state index in [1.807, 2.05) is 24.3 Å². The van der Waals surface area contributed by atoms with Crippen LogP contribution in [-0.2, 0) is 13.0 Å². The van der Waals surface area contributed by atoms with Crippen LogP contribution in [-0.4, -0.2) is 4.92 Å². The second-order valence-corrected chi connectivity index (χ2v) is 4.44. The smallest absolute Gasteiger partial charge is 0.271 e. The molecule has 0 aliphatic heterocycles. The maximum absolute atomic E-state index is 13.6. The number of hydrogen-bond acceptors (Lipinski definition) is 3. The molecular formula is C15H15FN2O2. The normalized spacial score (nSPS) is 10.3. The number of non-ortho nitro benzene ring substituents is 1. The highest BCUT2D eigenvalue weighted by molar-refractivity contribution is 5.52.